The highest BCUT2D eigenvalue weighted by molar-refractivity contribution is 5.82. The van der Waals surface area contributed by atoms with E-state index in [0.29, 0.717) is 6.54 Å². The average molecular weight is 273 g/mol. The molecule has 19 heavy (non-hydrogen) atoms. The number of carbonyl (C=O) groups is 2. The highest BCUT2D eigenvalue weighted by Crippen LogP contribution is 2.01. The summed E-state index contributed by atoms with van der Waals surface area (Å²) in [6.45, 7) is 7.94. The van der Waals surface area contributed by atoms with Crippen LogP contribution in [0.5, 0.6) is 0 Å². The van der Waals surface area contributed by atoms with E-state index in [1.54, 1.807) is 13.8 Å². The summed E-state index contributed by atoms with van der Waals surface area (Å²) in [7, 11) is 0. The molecule has 1 aliphatic rings. The van der Waals surface area contributed by atoms with Crippen LogP contribution in [0.15, 0.2) is 0 Å². The fourth-order valence-electron chi connectivity index (χ4n) is 1.86. The van der Waals surface area contributed by atoms with E-state index < -0.39 is 18.0 Å². The molecular weight excluding hydrogens is 250 g/mol. The van der Waals surface area contributed by atoms with Gasteiger partial charge >= 0.3 is 12.0 Å². The number of ether oxygens (including phenoxy) is 1. The SMILES string of the molecule is CC(C)C(NC(=O)NCCN1CCOCC1)C(=O)O. The molecule has 1 fully saturated rings. The number of aliphatic carboxylic acids is 1. The molecule has 1 aliphatic heterocycles. The normalized spacial score (nSPS) is 18.1. The highest BCUT2D eigenvalue weighted by atomic mass is 16.5. The molecular formula is C12H23N3O4. The first-order chi connectivity index (χ1) is 9.00. The summed E-state index contributed by atoms with van der Waals surface area (Å²) in [5, 5.41) is 14.1. The topological polar surface area (TPSA) is 90.9 Å². The number of carboxylic acids is 1. The van der Waals surface area contributed by atoms with Gasteiger partial charge in [-0.15, -0.1) is 0 Å². The van der Waals surface area contributed by atoms with E-state index in [1.165, 1.54) is 0 Å². The van der Waals surface area contributed by atoms with E-state index in [0.717, 1.165) is 32.8 Å². The Bertz CT molecular complexity index is 303. The molecule has 1 rings (SSSR count). The Labute approximate surface area is 113 Å². The van der Waals surface area contributed by atoms with Gasteiger partial charge < -0.3 is 20.5 Å². The maximum atomic E-state index is 11.6. The Morgan fingerprint density at radius 3 is 2.47 bits per heavy atom. The van der Waals surface area contributed by atoms with Crippen LogP contribution in [0, 0.1) is 5.92 Å². The number of nitrogens with zero attached hydrogens (tertiary/aromatic N) is 1. The van der Waals surface area contributed by atoms with Crippen molar-refractivity contribution in [3.05, 3.63) is 0 Å². The largest absolute Gasteiger partial charge is 0.480 e. The first-order valence-electron chi connectivity index (χ1n) is 6.58. The lowest BCUT2D eigenvalue weighted by Crippen LogP contribution is -2.50. The second-order valence-electron chi connectivity index (χ2n) is 4.91. The predicted octanol–water partition coefficient (Wildman–Crippen LogP) is -0.273. The minimum absolute atomic E-state index is 0.150. The van der Waals surface area contributed by atoms with Crippen LogP contribution < -0.4 is 10.6 Å². The zero-order chi connectivity index (χ0) is 14.3. The smallest absolute Gasteiger partial charge is 0.326 e. The molecule has 0 spiro atoms. The fraction of sp³-hybridized carbons (Fsp3) is 0.833. The molecule has 0 aromatic carbocycles. The minimum atomic E-state index is -1.02. The Kier molecular flexibility index (Phi) is 6.58. The first kappa shape index (κ1) is 15.7. The maximum absolute atomic E-state index is 11.6. The highest BCUT2D eigenvalue weighted by Gasteiger charge is 2.23. The number of nitrogens with one attached hydrogen (secondary N) is 2. The summed E-state index contributed by atoms with van der Waals surface area (Å²) in [4.78, 5) is 24.7. The number of carboxylic acid groups (broad SMARTS) is 1. The van der Waals surface area contributed by atoms with Crippen LogP contribution in [0.1, 0.15) is 13.8 Å². The Morgan fingerprint density at radius 2 is 1.95 bits per heavy atom. The monoisotopic (exact) mass is 273 g/mol. The first-order valence-corrected chi connectivity index (χ1v) is 6.58. The third kappa shape index (κ3) is 5.89. The minimum Gasteiger partial charge on any atom is -0.480 e. The van der Waals surface area contributed by atoms with Crippen molar-refractivity contribution in [3.8, 4) is 0 Å². The van der Waals surface area contributed by atoms with Crippen molar-refractivity contribution < 1.29 is 19.4 Å². The lowest BCUT2D eigenvalue weighted by Gasteiger charge is -2.26. The second-order valence-corrected chi connectivity index (χ2v) is 4.91. The molecule has 0 aromatic heterocycles. The van der Waals surface area contributed by atoms with Gasteiger partial charge in [0.2, 0.25) is 0 Å². The van der Waals surface area contributed by atoms with Gasteiger partial charge in [0.25, 0.3) is 0 Å². The summed E-state index contributed by atoms with van der Waals surface area (Å²) >= 11 is 0. The van der Waals surface area contributed by atoms with Crippen LogP contribution in [0.3, 0.4) is 0 Å². The number of rotatable bonds is 6. The van der Waals surface area contributed by atoms with E-state index in [1.807, 2.05) is 0 Å². The Morgan fingerprint density at radius 1 is 1.32 bits per heavy atom. The van der Waals surface area contributed by atoms with Gasteiger partial charge in [0.1, 0.15) is 6.04 Å². The number of hydrogen-bond donors (Lipinski definition) is 3. The molecule has 2 amide bonds. The Balaban J connectivity index is 2.21. The number of urea groups is 1. The molecule has 0 aromatic rings. The lowest BCUT2D eigenvalue weighted by atomic mass is 10.1. The quantitative estimate of drug-likeness (QED) is 0.619. The van der Waals surface area contributed by atoms with E-state index in [-0.39, 0.29) is 5.92 Å². The molecule has 1 unspecified atom stereocenters. The van der Waals surface area contributed by atoms with Crippen LogP contribution in [0.4, 0.5) is 4.79 Å². The number of carbonyl (C=O) groups excluding carboxylic acids is 1. The average Bonchev–Trinajstić information content (AvgIpc) is 2.36. The predicted molar refractivity (Wildman–Crippen MR) is 70.1 cm³/mol. The zero-order valence-corrected chi connectivity index (χ0v) is 11.5. The van der Waals surface area contributed by atoms with Gasteiger partial charge in [0.05, 0.1) is 13.2 Å². The Hall–Kier alpha value is -1.34. The van der Waals surface area contributed by atoms with Crippen molar-refractivity contribution in [1.29, 1.82) is 0 Å². The van der Waals surface area contributed by atoms with E-state index in [2.05, 4.69) is 15.5 Å². The molecule has 110 valence electrons. The molecule has 7 heteroatoms. The van der Waals surface area contributed by atoms with Gasteiger partial charge in [-0.3, -0.25) is 4.90 Å². The van der Waals surface area contributed by atoms with Gasteiger partial charge in [-0.25, -0.2) is 9.59 Å². The maximum Gasteiger partial charge on any atom is 0.326 e. The van der Waals surface area contributed by atoms with E-state index in [9.17, 15) is 9.59 Å². The van der Waals surface area contributed by atoms with Gasteiger partial charge in [0.15, 0.2) is 0 Å². The number of hydrogen-bond acceptors (Lipinski definition) is 4. The van der Waals surface area contributed by atoms with Crippen LogP contribution in [0.25, 0.3) is 0 Å². The third-order valence-electron chi connectivity index (χ3n) is 3.04. The summed E-state index contributed by atoms with van der Waals surface area (Å²) in [5.41, 5.74) is 0. The second kappa shape index (κ2) is 7.96. The third-order valence-corrected chi connectivity index (χ3v) is 3.04. The molecule has 3 N–H and O–H groups in total. The van der Waals surface area contributed by atoms with Gasteiger partial charge in [-0.1, -0.05) is 13.8 Å². The van der Waals surface area contributed by atoms with Crippen LogP contribution in [-0.2, 0) is 9.53 Å². The number of morpholine rings is 1. The molecule has 1 saturated heterocycles. The molecule has 1 heterocycles. The van der Waals surface area contributed by atoms with Crippen molar-refractivity contribution >= 4 is 12.0 Å². The summed E-state index contributed by atoms with van der Waals surface area (Å²) < 4.78 is 5.23. The van der Waals surface area contributed by atoms with Crippen molar-refractivity contribution in [1.82, 2.24) is 15.5 Å². The van der Waals surface area contributed by atoms with Crippen LogP contribution in [0.2, 0.25) is 0 Å². The molecule has 0 bridgehead atoms. The number of amides is 2. The lowest BCUT2D eigenvalue weighted by molar-refractivity contribution is -0.140. The summed E-state index contributed by atoms with van der Waals surface area (Å²) in [6, 6.07) is -1.29. The summed E-state index contributed by atoms with van der Waals surface area (Å²) in [6.07, 6.45) is 0. The van der Waals surface area contributed by atoms with Crippen molar-refractivity contribution in [2.45, 2.75) is 19.9 Å². The van der Waals surface area contributed by atoms with Crippen molar-refractivity contribution in [2.24, 2.45) is 5.92 Å². The molecule has 0 aliphatic carbocycles. The molecule has 0 radical (unpaired) electrons. The van der Waals surface area contributed by atoms with E-state index in [4.69, 9.17) is 9.84 Å². The zero-order valence-electron chi connectivity index (χ0n) is 11.5. The summed E-state index contributed by atoms with van der Waals surface area (Å²) in [5.74, 6) is -1.17. The molecule has 0 saturated carbocycles. The fourth-order valence-corrected chi connectivity index (χ4v) is 1.86. The van der Waals surface area contributed by atoms with Crippen molar-refractivity contribution in [2.75, 3.05) is 39.4 Å². The molecule has 7 nitrogen and oxygen atoms in total. The van der Waals surface area contributed by atoms with Gasteiger partial charge in [0, 0.05) is 26.2 Å². The van der Waals surface area contributed by atoms with Crippen LogP contribution in [-0.4, -0.2) is 67.4 Å². The van der Waals surface area contributed by atoms with Gasteiger partial charge in [-0.05, 0) is 5.92 Å². The van der Waals surface area contributed by atoms with Crippen LogP contribution >= 0.6 is 0 Å². The van der Waals surface area contributed by atoms with E-state index >= 15 is 0 Å². The standard InChI is InChI=1S/C12H23N3O4/c1-9(2)10(11(16)17)14-12(18)13-3-4-15-5-7-19-8-6-15/h9-10H,3-8H2,1-2H3,(H,16,17)(H2,13,14,18). The van der Waals surface area contributed by atoms with Gasteiger partial charge in [-0.2, -0.15) is 0 Å². The van der Waals surface area contributed by atoms with Crippen molar-refractivity contribution in [3.63, 3.8) is 0 Å². The molecule has 1 atom stereocenters.